The van der Waals surface area contributed by atoms with Crippen LogP contribution in [0.1, 0.15) is 39.0 Å². The van der Waals surface area contributed by atoms with Crippen molar-refractivity contribution in [3.8, 4) is 0 Å². The third-order valence-corrected chi connectivity index (χ3v) is 2.72. The van der Waals surface area contributed by atoms with Gasteiger partial charge >= 0.3 is 0 Å². The first-order valence-electron chi connectivity index (χ1n) is 6.11. The summed E-state index contributed by atoms with van der Waals surface area (Å²) < 4.78 is 5.42. The number of ether oxygens (including phenoxy) is 1. The predicted octanol–water partition coefficient (Wildman–Crippen LogP) is 1.38. The zero-order chi connectivity index (χ0) is 11.8. The number of nitrogens with zero attached hydrogens (tertiary/aromatic N) is 1. The van der Waals surface area contributed by atoms with Crippen molar-refractivity contribution < 1.29 is 14.3 Å². The monoisotopic (exact) mass is 227 g/mol. The first-order chi connectivity index (χ1) is 7.74. The number of piperidine rings is 1. The van der Waals surface area contributed by atoms with Crippen molar-refractivity contribution in [2.75, 3.05) is 26.3 Å². The minimum atomic E-state index is -0.0233. The van der Waals surface area contributed by atoms with Crippen molar-refractivity contribution >= 4 is 11.7 Å². The number of likely N-dealkylation sites (tertiary alicyclic amines) is 1. The Kier molecular flexibility index (Phi) is 6.08. The Morgan fingerprint density at radius 2 is 2.00 bits per heavy atom. The molecular formula is C12H21NO3. The van der Waals surface area contributed by atoms with E-state index in [-0.39, 0.29) is 18.1 Å². The van der Waals surface area contributed by atoms with Crippen LogP contribution < -0.4 is 0 Å². The van der Waals surface area contributed by atoms with Gasteiger partial charge < -0.3 is 9.64 Å². The maximum Gasteiger partial charge on any atom is 0.230 e. The number of rotatable bonds is 7. The van der Waals surface area contributed by atoms with Crippen LogP contribution in [-0.4, -0.2) is 42.9 Å². The second-order valence-corrected chi connectivity index (χ2v) is 4.17. The smallest absolute Gasteiger partial charge is 0.230 e. The Bertz CT molecular complexity index is 240. The molecular weight excluding hydrogens is 206 g/mol. The fraction of sp³-hybridized carbons (Fsp3) is 0.833. The molecule has 4 nitrogen and oxygen atoms in total. The average Bonchev–Trinajstić information content (AvgIpc) is 2.26. The number of Topliss-reactive ketones (excluding diaryl/α,β-unsaturated/α-hetero) is 1. The van der Waals surface area contributed by atoms with Crippen LogP contribution in [0.3, 0.4) is 0 Å². The van der Waals surface area contributed by atoms with E-state index in [2.05, 4.69) is 6.92 Å². The van der Waals surface area contributed by atoms with Crippen molar-refractivity contribution in [2.45, 2.75) is 39.0 Å². The number of amides is 1. The highest BCUT2D eigenvalue weighted by Crippen LogP contribution is 2.07. The molecule has 0 aliphatic carbocycles. The average molecular weight is 227 g/mol. The van der Waals surface area contributed by atoms with Crippen molar-refractivity contribution in [3.05, 3.63) is 0 Å². The van der Waals surface area contributed by atoms with Gasteiger partial charge in [-0.2, -0.15) is 0 Å². The van der Waals surface area contributed by atoms with E-state index in [9.17, 15) is 9.59 Å². The first kappa shape index (κ1) is 13.2. The zero-order valence-corrected chi connectivity index (χ0v) is 10.0. The molecule has 1 aliphatic rings. The lowest BCUT2D eigenvalue weighted by molar-refractivity contribution is -0.139. The number of carbonyl (C=O) groups excluding carboxylic acids is 2. The molecule has 0 radical (unpaired) electrons. The van der Waals surface area contributed by atoms with E-state index in [0.29, 0.717) is 19.6 Å². The van der Waals surface area contributed by atoms with E-state index >= 15 is 0 Å². The normalized spacial score (nSPS) is 16.9. The van der Waals surface area contributed by atoms with Crippen LogP contribution in [0.25, 0.3) is 0 Å². The molecule has 0 aromatic heterocycles. The van der Waals surface area contributed by atoms with E-state index in [1.807, 2.05) is 0 Å². The van der Waals surface area contributed by atoms with E-state index < -0.39 is 0 Å². The maximum atomic E-state index is 11.4. The molecule has 0 aromatic carbocycles. The highest BCUT2D eigenvalue weighted by Gasteiger charge is 2.22. The molecule has 0 unspecified atom stereocenters. The summed E-state index contributed by atoms with van der Waals surface area (Å²) in [5.41, 5.74) is 0. The van der Waals surface area contributed by atoms with Crippen molar-refractivity contribution in [1.29, 1.82) is 0 Å². The molecule has 0 bridgehead atoms. The Morgan fingerprint density at radius 1 is 1.25 bits per heavy atom. The highest BCUT2D eigenvalue weighted by molar-refractivity contribution is 6.00. The molecule has 1 aliphatic heterocycles. The van der Waals surface area contributed by atoms with Crippen LogP contribution >= 0.6 is 0 Å². The summed E-state index contributed by atoms with van der Waals surface area (Å²) in [4.78, 5) is 24.2. The van der Waals surface area contributed by atoms with E-state index in [1.165, 1.54) is 0 Å². The lowest BCUT2D eigenvalue weighted by Crippen LogP contribution is -2.39. The zero-order valence-electron chi connectivity index (χ0n) is 10.0. The van der Waals surface area contributed by atoms with E-state index in [4.69, 9.17) is 4.74 Å². The molecule has 1 rings (SSSR count). The summed E-state index contributed by atoms with van der Waals surface area (Å²) in [6, 6.07) is 0. The topological polar surface area (TPSA) is 46.6 Å². The maximum absolute atomic E-state index is 11.4. The van der Waals surface area contributed by atoms with Gasteiger partial charge in [0.2, 0.25) is 5.91 Å². The minimum Gasteiger partial charge on any atom is -0.381 e. The second-order valence-electron chi connectivity index (χ2n) is 4.17. The minimum absolute atomic E-state index is 0.0233. The van der Waals surface area contributed by atoms with Gasteiger partial charge in [0.25, 0.3) is 0 Å². The Labute approximate surface area is 96.9 Å². The summed E-state index contributed by atoms with van der Waals surface area (Å²) in [6.45, 7) is 4.96. The van der Waals surface area contributed by atoms with Gasteiger partial charge in [-0.1, -0.05) is 13.3 Å². The summed E-state index contributed by atoms with van der Waals surface area (Å²) in [7, 11) is 0. The van der Waals surface area contributed by atoms with Crippen LogP contribution in [0.15, 0.2) is 0 Å². The lowest BCUT2D eigenvalue weighted by Gasteiger charge is -2.25. The largest absolute Gasteiger partial charge is 0.381 e. The lowest BCUT2D eigenvalue weighted by atomic mass is 10.1. The number of hydrogen-bond donors (Lipinski definition) is 0. The third-order valence-electron chi connectivity index (χ3n) is 2.72. The summed E-state index contributed by atoms with van der Waals surface area (Å²) in [5, 5.41) is 0. The van der Waals surface area contributed by atoms with Crippen LogP contribution in [0, 0.1) is 0 Å². The summed E-state index contributed by atoms with van der Waals surface area (Å²) >= 11 is 0. The van der Waals surface area contributed by atoms with Crippen LogP contribution in [0.5, 0.6) is 0 Å². The SMILES string of the molecule is CCCCOCCCN1CCC(=O)CC1=O. The molecule has 0 aromatic rings. The number of unbranched alkanes of at least 4 members (excludes halogenated alkanes) is 1. The van der Waals surface area contributed by atoms with Gasteiger partial charge in [-0.3, -0.25) is 9.59 Å². The molecule has 0 spiro atoms. The van der Waals surface area contributed by atoms with Gasteiger partial charge in [0.05, 0.1) is 6.42 Å². The molecule has 1 heterocycles. The van der Waals surface area contributed by atoms with Crippen molar-refractivity contribution in [2.24, 2.45) is 0 Å². The quantitative estimate of drug-likeness (QED) is 0.487. The molecule has 1 saturated heterocycles. The van der Waals surface area contributed by atoms with Crippen LogP contribution in [-0.2, 0) is 14.3 Å². The molecule has 16 heavy (non-hydrogen) atoms. The predicted molar refractivity (Wildman–Crippen MR) is 61.2 cm³/mol. The van der Waals surface area contributed by atoms with Gasteiger partial charge in [-0.05, 0) is 12.8 Å². The van der Waals surface area contributed by atoms with Gasteiger partial charge in [0.15, 0.2) is 0 Å². The molecule has 0 saturated carbocycles. The van der Waals surface area contributed by atoms with E-state index in [0.717, 1.165) is 32.4 Å². The van der Waals surface area contributed by atoms with Crippen LogP contribution in [0.4, 0.5) is 0 Å². The van der Waals surface area contributed by atoms with E-state index in [1.54, 1.807) is 4.90 Å². The molecule has 1 fully saturated rings. The van der Waals surface area contributed by atoms with Gasteiger partial charge in [-0.25, -0.2) is 0 Å². The second kappa shape index (κ2) is 7.39. The molecule has 1 amide bonds. The Morgan fingerprint density at radius 3 is 2.69 bits per heavy atom. The highest BCUT2D eigenvalue weighted by atomic mass is 16.5. The third kappa shape index (κ3) is 4.75. The number of hydrogen-bond acceptors (Lipinski definition) is 3. The summed E-state index contributed by atoms with van der Waals surface area (Å²) in [6.07, 6.45) is 3.71. The van der Waals surface area contributed by atoms with Crippen molar-refractivity contribution in [1.82, 2.24) is 4.90 Å². The van der Waals surface area contributed by atoms with Gasteiger partial charge in [-0.15, -0.1) is 0 Å². The molecule has 0 N–H and O–H groups in total. The molecule has 92 valence electrons. The molecule has 4 heteroatoms. The van der Waals surface area contributed by atoms with Crippen molar-refractivity contribution in [3.63, 3.8) is 0 Å². The first-order valence-corrected chi connectivity index (χ1v) is 6.11. The van der Waals surface area contributed by atoms with Gasteiger partial charge in [0, 0.05) is 32.7 Å². The fourth-order valence-corrected chi connectivity index (χ4v) is 1.70. The Hall–Kier alpha value is -0.900. The number of carbonyl (C=O) groups is 2. The van der Waals surface area contributed by atoms with Gasteiger partial charge in [0.1, 0.15) is 5.78 Å². The Balaban J connectivity index is 2.04. The standard InChI is InChI=1S/C12H21NO3/c1-2-3-8-16-9-4-6-13-7-5-11(14)10-12(13)15/h2-10H2,1H3. The van der Waals surface area contributed by atoms with Crippen LogP contribution in [0.2, 0.25) is 0 Å². The summed E-state index contributed by atoms with van der Waals surface area (Å²) in [5.74, 6) is 0.0465. The number of ketones is 1. The molecule has 0 atom stereocenters. The fourth-order valence-electron chi connectivity index (χ4n) is 1.70.